The highest BCUT2D eigenvalue weighted by Gasteiger charge is 2.29. The lowest BCUT2D eigenvalue weighted by atomic mass is 9.95. The first kappa shape index (κ1) is 12.0. The molecule has 6 heteroatoms. The molecule has 1 aliphatic heterocycles. The molecule has 1 aliphatic rings. The van der Waals surface area contributed by atoms with Crippen LogP contribution in [0.15, 0.2) is 4.42 Å². The topological polar surface area (TPSA) is 88.2 Å². The number of aromatic nitrogens is 2. The summed E-state index contributed by atoms with van der Waals surface area (Å²) in [5.74, 6) is 0.812. The molecular weight excluding hydrogens is 222 g/mol. The maximum atomic E-state index is 10.8. The quantitative estimate of drug-likeness (QED) is 0.821. The van der Waals surface area contributed by atoms with Gasteiger partial charge >= 0.3 is 5.97 Å². The van der Waals surface area contributed by atoms with Gasteiger partial charge in [0.05, 0.1) is 0 Å². The summed E-state index contributed by atoms with van der Waals surface area (Å²) in [4.78, 5) is 10.8. The highest BCUT2D eigenvalue weighted by atomic mass is 16.4. The first-order chi connectivity index (χ1) is 8.08. The van der Waals surface area contributed by atoms with Gasteiger partial charge < -0.3 is 14.8 Å². The molecule has 0 aliphatic carbocycles. The molecule has 6 nitrogen and oxygen atoms in total. The van der Waals surface area contributed by atoms with Crippen LogP contribution in [0.5, 0.6) is 0 Å². The van der Waals surface area contributed by atoms with Gasteiger partial charge in [0.25, 0.3) is 0 Å². The van der Waals surface area contributed by atoms with Gasteiger partial charge in [-0.3, -0.25) is 4.79 Å². The summed E-state index contributed by atoms with van der Waals surface area (Å²) in [6.07, 6.45) is 1.36. The Morgan fingerprint density at radius 2 is 2.24 bits per heavy atom. The lowest BCUT2D eigenvalue weighted by Crippen LogP contribution is -2.43. The molecule has 0 radical (unpaired) electrons. The number of hydrogen-bond acceptors (Lipinski definition) is 5. The molecule has 94 valence electrons. The van der Waals surface area contributed by atoms with Crippen LogP contribution >= 0.6 is 0 Å². The molecule has 2 N–H and O–H groups in total. The van der Waals surface area contributed by atoms with E-state index in [0.717, 1.165) is 6.42 Å². The van der Waals surface area contributed by atoms with Crippen LogP contribution in [0.4, 0.5) is 0 Å². The van der Waals surface area contributed by atoms with Crippen LogP contribution in [0, 0.1) is 0 Å². The number of nitrogens with zero attached hydrogens (tertiary/aromatic N) is 2. The number of carboxylic acids is 1. The van der Waals surface area contributed by atoms with Gasteiger partial charge in [0.15, 0.2) is 0 Å². The highest BCUT2D eigenvalue weighted by molar-refractivity contribution is 5.73. The van der Waals surface area contributed by atoms with Crippen molar-refractivity contribution in [3.63, 3.8) is 0 Å². The third-order valence-electron chi connectivity index (χ3n) is 3.01. The van der Waals surface area contributed by atoms with Gasteiger partial charge in [0.2, 0.25) is 11.8 Å². The molecule has 2 heterocycles. The van der Waals surface area contributed by atoms with E-state index < -0.39 is 12.0 Å². The van der Waals surface area contributed by atoms with Crippen LogP contribution in [0.2, 0.25) is 0 Å². The zero-order valence-corrected chi connectivity index (χ0v) is 10.0. The number of nitrogens with one attached hydrogen (secondary N) is 1. The lowest BCUT2D eigenvalue weighted by Gasteiger charge is -2.24. The van der Waals surface area contributed by atoms with Crippen molar-refractivity contribution in [3.8, 4) is 0 Å². The molecule has 0 aromatic carbocycles. The Labute approximate surface area is 99.4 Å². The van der Waals surface area contributed by atoms with E-state index in [1.54, 1.807) is 0 Å². The van der Waals surface area contributed by atoms with Crippen molar-refractivity contribution < 1.29 is 14.3 Å². The van der Waals surface area contributed by atoms with Crippen molar-refractivity contribution >= 4 is 5.97 Å². The maximum Gasteiger partial charge on any atom is 0.320 e. The van der Waals surface area contributed by atoms with Crippen molar-refractivity contribution in [2.75, 3.05) is 6.54 Å². The third-order valence-corrected chi connectivity index (χ3v) is 3.01. The van der Waals surface area contributed by atoms with Crippen molar-refractivity contribution in [1.82, 2.24) is 15.5 Å². The molecular formula is C11H17N3O3. The van der Waals surface area contributed by atoms with Gasteiger partial charge in [-0.2, -0.15) is 0 Å². The van der Waals surface area contributed by atoms with Gasteiger partial charge in [-0.05, 0) is 12.8 Å². The van der Waals surface area contributed by atoms with E-state index in [1.165, 1.54) is 0 Å². The van der Waals surface area contributed by atoms with E-state index in [4.69, 9.17) is 9.52 Å². The van der Waals surface area contributed by atoms with E-state index >= 15 is 0 Å². The molecule has 2 rings (SSSR count). The van der Waals surface area contributed by atoms with Crippen LogP contribution in [0.3, 0.4) is 0 Å². The SMILES string of the molecule is CC(C)c1nnc(C2CCC(C(=O)O)NC2)o1. The summed E-state index contributed by atoms with van der Waals surface area (Å²) in [5.41, 5.74) is 0. The smallest absolute Gasteiger partial charge is 0.320 e. The number of carboxylic acid groups (broad SMARTS) is 1. The zero-order valence-electron chi connectivity index (χ0n) is 10.0. The summed E-state index contributed by atoms with van der Waals surface area (Å²) in [7, 11) is 0. The predicted octanol–water partition coefficient (Wildman–Crippen LogP) is 1.11. The lowest BCUT2D eigenvalue weighted by molar-refractivity contribution is -0.140. The fraction of sp³-hybridized carbons (Fsp3) is 0.727. The second-order valence-corrected chi connectivity index (χ2v) is 4.71. The summed E-state index contributed by atoms with van der Waals surface area (Å²) < 4.78 is 5.57. The molecule has 1 fully saturated rings. The third kappa shape index (κ3) is 2.63. The van der Waals surface area contributed by atoms with Crippen LogP contribution in [0.25, 0.3) is 0 Å². The normalized spacial score (nSPS) is 25.1. The minimum Gasteiger partial charge on any atom is -0.480 e. The monoisotopic (exact) mass is 239 g/mol. The molecule has 1 aromatic heterocycles. The van der Waals surface area contributed by atoms with E-state index in [9.17, 15) is 4.79 Å². The molecule has 1 saturated heterocycles. The van der Waals surface area contributed by atoms with E-state index in [-0.39, 0.29) is 11.8 Å². The standard InChI is InChI=1S/C11H17N3O3/c1-6(2)9-13-14-10(17-9)7-3-4-8(11(15)16)12-5-7/h6-8,12H,3-5H2,1-2H3,(H,15,16). The molecule has 0 bridgehead atoms. The Bertz CT molecular complexity index is 394. The molecule has 2 atom stereocenters. The second kappa shape index (κ2) is 4.83. The summed E-state index contributed by atoms with van der Waals surface area (Å²) >= 11 is 0. The summed E-state index contributed by atoms with van der Waals surface area (Å²) in [5, 5.41) is 19.8. The number of carbonyl (C=O) groups is 1. The number of rotatable bonds is 3. The summed E-state index contributed by atoms with van der Waals surface area (Å²) in [6.45, 7) is 4.57. The first-order valence-electron chi connectivity index (χ1n) is 5.87. The molecule has 2 unspecified atom stereocenters. The molecule has 0 saturated carbocycles. The fourth-order valence-electron chi connectivity index (χ4n) is 1.92. The van der Waals surface area contributed by atoms with Crippen LogP contribution < -0.4 is 5.32 Å². The van der Waals surface area contributed by atoms with Crippen molar-refractivity contribution in [1.29, 1.82) is 0 Å². The van der Waals surface area contributed by atoms with Crippen molar-refractivity contribution in [2.45, 2.75) is 44.6 Å². The van der Waals surface area contributed by atoms with Crippen LogP contribution in [-0.2, 0) is 4.79 Å². The van der Waals surface area contributed by atoms with Crippen LogP contribution in [-0.4, -0.2) is 33.9 Å². The van der Waals surface area contributed by atoms with E-state index in [1.807, 2.05) is 13.8 Å². The first-order valence-corrected chi connectivity index (χ1v) is 5.87. The Hall–Kier alpha value is -1.43. The largest absolute Gasteiger partial charge is 0.480 e. The van der Waals surface area contributed by atoms with Gasteiger partial charge in [0, 0.05) is 18.4 Å². The zero-order chi connectivity index (χ0) is 12.4. The van der Waals surface area contributed by atoms with Crippen molar-refractivity contribution in [2.24, 2.45) is 0 Å². The molecule has 0 spiro atoms. The highest BCUT2D eigenvalue weighted by Crippen LogP contribution is 2.25. The molecule has 17 heavy (non-hydrogen) atoms. The Balaban J connectivity index is 1.98. The number of piperidine rings is 1. The minimum atomic E-state index is -0.795. The Kier molecular flexibility index (Phi) is 3.42. The van der Waals surface area contributed by atoms with Crippen LogP contribution in [0.1, 0.15) is 50.3 Å². The maximum absolute atomic E-state index is 10.8. The average Bonchev–Trinajstić information content (AvgIpc) is 2.78. The van der Waals surface area contributed by atoms with Gasteiger partial charge in [-0.1, -0.05) is 13.8 Å². The Morgan fingerprint density at radius 1 is 1.47 bits per heavy atom. The van der Waals surface area contributed by atoms with Gasteiger partial charge in [-0.15, -0.1) is 10.2 Å². The average molecular weight is 239 g/mol. The van der Waals surface area contributed by atoms with Gasteiger partial charge in [0.1, 0.15) is 6.04 Å². The second-order valence-electron chi connectivity index (χ2n) is 4.71. The number of hydrogen-bond donors (Lipinski definition) is 2. The fourth-order valence-corrected chi connectivity index (χ4v) is 1.92. The van der Waals surface area contributed by atoms with Crippen molar-refractivity contribution in [3.05, 3.63) is 11.8 Å². The van der Waals surface area contributed by atoms with Gasteiger partial charge in [-0.25, -0.2) is 0 Å². The Morgan fingerprint density at radius 3 is 2.71 bits per heavy atom. The summed E-state index contributed by atoms with van der Waals surface area (Å²) in [6, 6.07) is -0.446. The number of aliphatic carboxylic acids is 1. The minimum absolute atomic E-state index is 0.130. The molecule has 1 aromatic rings. The molecule has 0 amide bonds. The predicted molar refractivity (Wildman–Crippen MR) is 59.8 cm³/mol. The van der Waals surface area contributed by atoms with E-state index in [2.05, 4.69) is 15.5 Å². The van der Waals surface area contributed by atoms with E-state index in [0.29, 0.717) is 24.7 Å².